The monoisotopic (exact) mass is 340 g/mol. The number of aliphatic hydroxyl groups is 1. The molecule has 0 heterocycles. The summed E-state index contributed by atoms with van der Waals surface area (Å²) in [6, 6.07) is 11.7. The highest BCUT2D eigenvalue weighted by Crippen LogP contribution is 2.29. The van der Waals surface area contributed by atoms with Crippen molar-refractivity contribution in [1.29, 1.82) is 0 Å². The van der Waals surface area contributed by atoms with Crippen molar-refractivity contribution >= 4 is 15.9 Å². The molecule has 0 aromatic heterocycles. The Kier molecular flexibility index (Phi) is 4.89. The van der Waals surface area contributed by atoms with E-state index in [0.29, 0.717) is 0 Å². The van der Waals surface area contributed by atoms with Gasteiger partial charge in [0.05, 0.1) is 10.6 Å². The lowest BCUT2D eigenvalue weighted by Crippen LogP contribution is -2.14. The molecule has 0 bridgehead atoms. The van der Waals surface area contributed by atoms with E-state index in [4.69, 9.17) is 0 Å². The van der Waals surface area contributed by atoms with E-state index >= 15 is 0 Å². The molecule has 20 heavy (non-hydrogen) atoms. The van der Waals surface area contributed by atoms with Crippen LogP contribution in [0.4, 0.5) is 8.78 Å². The van der Waals surface area contributed by atoms with E-state index in [1.54, 1.807) is 19.1 Å². The molecule has 0 aliphatic heterocycles. The van der Waals surface area contributed by atoms with Crippen LogP contribution in [0.1, 0.15) is 24.2 Å². The lowest BCUT2D eigenvalue weighted by Gasteiger charge is -2.20. The van der Waals surface area contributed by atoms with Gasteiger partial charge in [0.2, 0.25) is 0 Å². The van der Waals surface area contributed by atoms with Gasteiger partial charge in [-0.3, -0.25) is 0 Å². The van der Waals surface area contributed by atoms with E-state index in [1.807, 2.05) is 18.2 Å². The van der Waals surface area contributed by atoms with Crippen molar-refractivity contribution in [2.24, 2.45) is 5.92 Å². The fraction of sp³-hybridized carbons (Fsp3) is 0.250. The number of hydrogen-bond donors (Lipinski definition) is 1. The van der Waals surface area contributed by atoms with Crippen molar-refractivity contribution in [2.75, 3.05) is 0 Å². The minimum absolute atomic E-state index is 0.00172. The number of rotatable bonds is 4. The van der Waals surface area contributed by atoms with Crippen molar-refractivity contribution < 1.29 is 13.9 Å². The zero-order valence-corrected chi connectivity index (χ0v) is 12.6. The van der Waals surface area contributed by atoms with Crippen molar-refractivity contribution in [3.05, 3.63) is 69.7 Å². The molecule has 0 aliphatic carbocycles. The highest BCUT2D eigenvalue weighted by molar-refractivity contribution is 9.10. The van der Waals surface area contributed by atoms with Gasteiger partial charge < -0.3 is 5.11 Å². The first kappa shape index (κ1) is 15.1. The van der Waals surface area contributed by atoms with E-state index in [9.17, 15) is 13.9 Å². The van der Waals surface area contributed by atoms with E-state index in [-0.39, 0.29) is 22.4 Å². The molecule has 0 saturated heterocycles. The van der Waals surface area contributed by atoms with Crippen molar-refractivity contribution in [3.8, 4) is 0 Å². The first-order valence-electron chi connectivity index (χ1n) is 6.36. The zero-order chi connectivity index (χ0) is 14.7. The summed E-state index contributed by atoms with van der Waals surface area (Å²) in [5.74, 6) is -1.48. The Balaban J connectivity index is 2.20. The van der Waals surface area contributed by atoms with Crippen LogP contribution in [0, 0.1) is 17.6 Å². The standard InChI is InChI=1S/C16H15BrF2O/c1-10(16(20)11-5-3-2-4-6-11)9-12-14(18)8-7-13(17)15(12)19/h2-8,10,16,20H,9H2,1H3. The lowest BCUT2D eigenvalue weighted by atomic mass is 9.91. The maximum absolute atomic E-state index is 13.9. The van der Waals surface area contributed by atoms with Crippen LogP contribution in [0.3, 0.4) is 0 Å². The van der Waals surface area contributed by atoms with Gasteiger partial charge in [-0.1, -0.05) is 37.3 Å². The fourth-order valence-corrected chi connectivity index (χ4v) is 2.54. The highest BCUT2D eigenvalue weighted by Gasteiger charge is 2.21. The SMILES string of the molecule is CC(Cc1c(F)ccc(Br)c1F)C(O)c1ccccc1. The average Bonchev–Trinajstić information content (AvgIpc) is 2.47. The van der Waals surface area contributed by atoms with Crippen molar-refractivity contribution in [3.63, 3.8) is 0 Å². The molecule has 0 amide bonds. The van der Waals surface area contributed by atoms with Gasteiger partial charge in [0, 0.05) is 5.56 Å². The molecule has 4 heteroatoms. The van der Waals surface area contributed by atoms with Crippen LogP contribution in [-0.2, 0) is 6.42 Å². The Bertz CT molecular complexity index is 587. The molecule has 2 atom stereocenters. The molecule has 0 saturated carbocycles. The van der Waals surface area contributed by atoms with Gasteiger partial charge >= 0.3 is 0 Å². The number of hydrogen-bond acceptors (Lipinski definition) is 1. The molecule has 2 rings (SSSR count). The summed E-state index contributed by atoms with van der Waals surface area (Å²) in [6.45, 7) is 1.78. The second-order valence-electron chi connectivity index (χ2n) is 4.86. The van der Waals surface area contributed by atoms with Crippen LogP contribution in [0.15, 0.2) is 46.9 Å². The Morgan fingerprint density at radius 1 is 1.10 bits per heavy atom. The van der Waals surface area contributed by atoms with Crippen LogP contribution < -0.4 is 0 Å². The molecule has 2 aromatic carbocycles. The quantitative estimate of drug-likeness (QED) is 0.804. The minimum atomic E-state index is -0.756. The predicted octanol–water partition coefficient (Wildman–Crippen LogP) is 4.64. The van der Waals surface area contributed by atoms with E-state index in [0.717, 1.165) is 5.56 Å². The van der Waals surface area contributed by atoms with Gasteiger partial charge in [-0.15, -0.1) is 0 Å². The molecule has 106 valence electrons. The molecule has 0 fully saturated rings. The van der Waals surface area contributed by atoms with Gasteiger partial charge in [0.25, 0.3) is 0 Å². The normalized spacial score (nSPS) is 14.1. The summed E-state index contributed by atoms with van der Waals surface area (Å²) in [5.41, 5.74) is 0.748. The van der Waals surface area contributed by atoms with Crippen molar-refractivity contribution in [2.45, 2.75) is 19.4 Å². The van der Waals surface area contributed by atoms with Crippen LogP contribution in [0.5, 0.6) is 0 Å². The molecule has 1 nitrogen and oxygen atoms in total. The molecule has 2 aromatic rings. The van der Waals surface area contributed by atoms with Gasteiger partial charge in [-0.05, 0) is 46.0 Å². The van der Waals surface area contributed by atoms with Crippen LogP contribution in [0.2, 0.25) is 0 Å². The van der Waals surface area contributed by atoms with Gasteiger partial charge in [0.1, 0.15) is 11.6 Å². The lowest BCUT2D eigenvalue weighted by molar-refractivity contribution is 0.116. The number of aliphatic hydroxyl groups excluding tert-OH is 1. The molecule has 1 N–H and O–H groups in total. The van der Waals surface area contributed by atoms with E-state index in [1.165, 1.54) is 12.1 Å². The third-order valence-electron chi connectivity index (χ3n) is 3.35. The maximum Gasteiger partial charge on any atom is 0.143 e. The summed E-state index contributed by atoms with van der Waals surface area (Å²) in [5, 5.41) is 10.2. The predicted molar refractivity (Wildman–Crippen MR) is 78.3 cm³/mol. The third kappa shape index (κ3) is 3.25. The topological polar surface area (TPSA) is 20.2 Å². The Morgan fingerprint density at radius 2 is 1.75 bits per heavy atom. The van der Waals surface area contributed by atoms with Gasteiger partial charge in [-0.2, -0.15) is 0 Å². The summed E-state index contributed by atoms with van der Waals surface area (Å²) >= 11 is 3.05. The first-order chi connectivity index (χ1) is 9.50. The summed E-state index contributed by atoms with van der Waals surface area (Å²) in [6.07, 6.45) is -0.623. The van der Waals surface area contributed by atoms with Crippen LogP contribution in [0.25, 0.3) is 0 Å². The molecule has 0 spiro atoms. The fourth-order valence-electron chi connectivity index (χ4n) is 2.17. The Labute approximate surface area is 125 Å². The largest absolute Gasteiger partial charge is 0.388 e. The molecular formula is C16H15BrF2O. The second-order valence-corrected chi connectivity index (χ2v) is 5.71. The molecule has 0 radical (unpaired) electrons. The maximum atomic E-state index is 13.9. The highest BCUT2D eigenvalue weighted by atomic mass is 79.9. The smallest absolute Gasteiger partial charge is 0.143 e. The van der Waals surface area contributed by atoms with Crippen molar-refractivity contribution in [1.82, 2.24) is 0 Å². The minimum Gasteiger partial charge on any atom is -0.388 e. The molecular weight excluding hydrogens is 326 g/mol. The first-order valence-corrected chi connectivity index (χ1v) is 7.15. The number of benzene rings is 2. The van der Waals surface area contributed by atoms with Gasteiger partial charge in [-0.25, -0.2) is 8.78 Å². The third-order valence-corrected chi connectivity index (χ3v) is 3.96. The Hall–Kier alpha value is -1.26. The zero-order valence-electron chi connectivity index (χ0n) is 11.0. The summed E-state index contributed by atoms with van der Waals surface area (Å²) < 4.78 is 27.9. The van der Waals surface area contributed by atoms with Crippen LogP contribution in [-0.4, -0.2) is 5.11 Å². The van der Waals surface area contributed by atoms with E-state index in [2.05, 4.69) is 15.9 Å². The molecule has 2 unspecified atom stereocenters. The van der Waals surface area contributed by atoms with E-state index < -0.39 is 17.7 Å². The molecule has 0 aliphatic rings. The van der Waals surface area contributed by atoms with Gasteiger partial charge in [0.15, 0.2) is 0 Å². The summed E-state index contributed by atoms with van der Waals surface area (Å²) in [4.78, 5) is 0. The Morgan fingerprint density at radius 3 is 2.40 bits per heavy atom. The van der Waals surface area contributed by atoms with Crippen LogP contribution >= 0.6 is 15.9 Å². The second kappa shape index (κ2) is 6.46. The number of halogens is 3. The average molecular weight is 341 g/mol. The summed E-state index contributed by atoms with van der Waals surface area (Å²) in [7, 11) is 0.